The fourth-order valence-corrected chi connectivity index (χ4v) is 11.0. The summed E-state index contributed by atoms with van der Waals surface area (Å²) in [4.78, 5) is 30.3. The predicted molar refractivity (Wildman–Crippen MR) is 194 cm³/mol. The van der Waals surface area contributed by atoms with E-state index in [1.54, 1.807) is 9.80 Å². The second-order valence-electron chi connectivity index (χ2n) is 12.1. The summed E-state index contributed by atoms with van der Waals surface area (Å²) >= 11 is 0. The van der Waals surface area contributed by atoms with Gasteiger partial charge in [0.2, 0.25) is 0 Å². The molecule has 4 amide bonds. The summed E-state index contributed by atoms with van der Waals surface area (Å²) in [5, 5.41) is 6.14. The average Bonchev–Trinajstić information content (AvgIpc) is 4.03. The minimum absolute atomic E-state index is 0.0408. The number of urea groups is 2. The number of nitrogens with one attached hydrogen (secondary N) is 2. The zero-order chi connectivity index (χ0) is 36.2. The van der Waals surface area contributed by atoms with Gasteiger partial charge in [-0.1, -0.05) is 24.3 Å². The molecule has 14 nitrogen and oxygen atoms in total. The standard InChI is InChI=1S/C34H62N4O10Si2/c1-7-43-49(44-8-2,45-9-3)20-14-18-35-33(39)37(25-31-27-41-31)23-29-16-13-17-30(22-29)24-38(26-32-28-42-32)34(40)36-19-15-21-50(46-10-4,47-11-5)48-12-6/h13,16-17,22,31-32H,7-12,14-15,18-21,23-28H2,1-6H3,(H,35,39)(H,36,40). The van der Waals surface area contributed by atoms with Crippen LogP contribution in [0.2, 0.25) is 12.1 Å². The molecule has 0 aromatic heterocycles. The number of amides is 4. The zero-order valence-electron chi connectivity index (χ0n) is 31.2. The van der Waals surface area contributed by atoms with Crippen LogP contribution in [0.4, 0.5) is 9.59 Å². The van der Waals surface area contributed by atoms with Gasteiger partial charge < -0.3 is 56.5 Å². The van der Waals surface area contributed by atoms with Crippen molar-refractivity contribution < 1.29 is 45.6 Å². The van der Waals surface area contributed by atoms with Crippen molar-refractivity contribution in [3.63, 3.8) is 0 Å². The van der Waals surface area contributed by atoms with Crippen molar-refractivity contribution in [3.05, 3.63) is 35.4 Å². The number of nitrogens with zero attached hydrogens (tertiary/aromatic N) is 2. The quantitative estimate of drug-likeness (QED) is 0.0721. The van der Waals surface area contributed by atoms with Crippen molar-refractivity contribution in [1.82, 2.24) is 20.4 Å². The molecular formula is C34H62N4O10Si2. The number of epoxide rings is 2. The van der Waals surface area contributed by atoms with Crippen LogP contribution in [0, 0.1) is 0 Å². The third-order valence-corrected chi connectivity index (χ3v) is 14.3. The molecule has 2 heterocycles. The molecule has 2 atom stereocenters. The first-order chi connectivity index (χ1) is 24.2. The van der Waals surface area contributed by atoms with Gasteiger partial charge in [-0.25, -0.2) is 9.59 Å². The number of carbonyl (C=O) groups excluding carboxylic acids is 2. The summed E-state index contributed by atoms with van der Waals surface area (Å²) in [6.45, 7) is 18.8. The molecule has 3 rings (SSSR count). The predicted octanol–water partition coefficient (Wildman–Crippen LogP) is 4.38. The Balaban J connectivity index is 1.57. The Bertz CT molecular complexity index is 1020. The topological polar surface area (TPSA) is 145 Å². The SMILES string of the molecule is CCO[Si](CCCNC(=O)N(Cc1cccc(CN(CC2CO2)C(=O)NCCC[Si](OCC)(OCC)OCC)c1)CC1CO1)(OCC)OCC. The van der Waals surface area contributed by atoms with E-state index in [0.29, 0.717) is 117 Å². The van der Waals surface area contributed by atoms with Crippen LogP contribution in [0.1, 0.15) is 65.5 Å². The maximum Gasteiger partial charge on any atom is 0.500 e. The van der Waals surface area contributed by atoms with E-state index in [2.05, 4.69) is 16.7 Å². The fourth-order valence-electron chi connectivity index (χ4n) is 5.77. The molecule has 2 N–H and O–H groups in total. The number of rotatable bonds is 28. The van der Waals surface area contributed by atoms with Gasteiger partial charge in [-0.05, 0) is 65.5 Å². The molecule has 0 spiro atoms. The van der Waals surface area contributed by atoms with Crippen molar-refractivity contribution >= 4 is 29.7 Å². The molecule has 286 valence electrons. The number of carbonyl (C=O) groups is 2. The molecule has 50 heavy (non-hydrogen) atoms. The van der Waals surface area contributed by atoms with Gasteiger partial charge in [0.1, 0.15) is 0 Å². The van der Waals surface area contributed by atoms with E-state index < -0.39 is 17.6 Å². The first kappa shape index (κ1) is 42.3. The van der Waals surface area contributed by atoms with Gasteiger partial charge in [0, 0.05) is 77.9 Å². The van der Waals surface area contributed by atoms with E-state index >= 15 is 0 Å². The Hall–Kier alpha value is -2.13. The Labute approximate surface area is 301 Å². The normalized spacial score (nSPS) is 17.0. The van der Waals surface area contributed by atoms with E-state index in [4.69, 9.17) is 36.0 Å². The van der Waals surface area contributed by atoms with E-state index in [0.717, 1.165) is 11.1 Å². The number of benzene rings is 1. The van der Waals surface area contributed by atoms with Gasteiger partial charge in [-0.15, -0.1) is 0 Å². The maximum absolute atomic E-state index is 13.4. The van der Waals surface area contributed by atoms with E-state index in [1.807, 2.05) is 59.7 Å². The van der Waals surface area contributed by atoms with Gasteiger partial charge in [0.25, 0.3) is 0 Å². The summed E-state index contributed by atoms with van der Waals surface area (Å²) < 4.78 is 46.6. The monoisotopic (exact) mass is 742 g/mol. The summed E-state index contributed by atoms with van der Waals surface area (Å²) in [6, 6.07) is 8.98. The second-order valence-corrected chi connectivity index (χ2v) is 17.6. The van der Waals surface area contributed by atoms with Gasteiger partial charge in [0.15, 0.2) is 0 Å². The van der Waals surface area contributed by atoms with Crippen molar-refractivity contribution in [1.29, 1.82) is 0 Å². The highest BCUT2D eigenvalue weighted by atomic mass is 28.4. The highest BCUT2D eigenvalue weighted by Crippen LogP contribution is 2.21. The zero-order valence-corrected chi connectivity index (χ0v) is 33.2. The number of hydrogen-bond donors (Lipinski definition) is 2. The van der Waals surface area contributed by atoms with Gasteiger partial charge >= 0.3 is 29.7 Å². The van der Waals surface area contributed by atoms with Crippen LogP contribution in [-0.2, 0) is 49.1 Å². The third kappa shape index (κ3) is 15.2. The highest BCUT2D eigenvalue weighted by Gasteiger charge is 2.41. The molecule has 1 aromatic carbocycles. The molecule has 0 aliphatic carbocycles. The third-order valence-electron chi connectivity index (χ3n) is 8.02. The second kappa shape index (κ2) is 22.7. The minimum atomic E-state index is -2.77. The maximum atomic E-state index is 13.4. The fraction of sp³-hybridized carbons (Fsp3) is 0.765. The van der Waals surface area contributed by atoms with E-state index in [1.165, 1.54) is 0 Å². The van der Waals surface area contributed by atoms with Crippen LogP contribution in [0.5, 0.6) is 0 Å². The lowest BCUT2D eigenvalue weighted by atomic mass is 10.1. The van der Waals surface area contributed by atoms with Crippen molar-refractivity contribution in [2.75, 3.05) is 79.0 Å². The van der Waals surface area contributed by atoms with E-state index in [9.17, 15) is 9.59 Å². The summed E-state index contributed by atoms with van der Waals surface area (Å²) in [6.07, 6.45) is 1.44. The van der Waals surface area contributed by atoms with Crippen molar-refractivity contribution in [2.45, 2.75) is 91.8 Å². The molecule has 0 radical (unpaired) electrons. The Morgan fingerprint density at radius 1 is 0.660 bits per heavy atom. The van der Waals surface area contributed by atoms with Crippen LogP contribution in [0.15, 0.2) is 24.3 Å². The smallest absolute Gasteiger partial charge is 0.374 e. The van der Waals surface area contributed by atoms with Crippen LogP contribution in [0.25, 0.3) is 0 Å². The lowest BCUT2D eigenvalue weighted by Gasteiger charge is -2.29. The van der Waals surface area contributed by atoms with Gasteiger partial charge in [-0.3, -0.25) is 0 Å². The largest absolute Gasteiger partial charge is 0.500 e. The Kier molecular flexibility index (Phi) is 19.2. The van der Waals surface area contributed by atoms with Gasteiger partial charge in [0.05, 0.1) is 38.5 Å². The molecule has 2 fully saturated rings. The number of hydrogen-bond acceptors (Lipinski definition) is 10. The Morgan fingerprint density at radius 3 is 1.30 bits per heavy atom. The van der Waals surface area contributed by atoms with Gasteiger partial charge in [-0.2, -0.15) is 0 Å². The average molecular weight is 743 g/mol. The summed E-state index contributed by atoms with van der Waals surface area (Å²) in [5.41, 5.74) is 1.95. The molecule has 2 saturated heterocycles. The lowest BCUT2D eigenvalue weighted by molar-refractivity contribution is 0.0700. The molecule has 2 aliphatic heterocycles. The summed E-state index contributed by atoms with van der Waals surface area (Å²) in [5.74, 6) is 0. The first-order valence-corrected chi connectivity index (χ1v) is 22.3. The summed E-state index contributed by atoms with van der Waals surface area (Å²) in [7, 11) is -5.54. The molecule has 1 aromatic rings. The molecular weight excluding hydrogens is 681 g/mol. The lowest BCUT2D eigenvalue weighted by Crippen LogP contribution is -2.47. The molecule has 0 saturated carbocycles. The minimum Gasteiger partial charge on any atom is -0.374 e. The Morgan fingerprint density at radius 2 is 1.00 bits per heavy atom. The van der Waals surface area contributed by atoms with E-state index in [-0.39, 0.29) is 24.3 Å². The van der Waals surface area contributed by atoms with Crippen LogP contribution >= 0.6 is 0 Å². The van der Waals surface area contributed by atoms with Crippen LogP contribution in [-0.4, -0.2) is 131 Å². The van der Waals surface area contributed by atoms with Crippen LogP contribution < -0.4 is 10.6 Å². The molecule has 2 unspecified atom stereocenters. The van der Waals surface area contributed by atoms with Crippen LogP contribution in [0.3, 0.4) is 0 Å². The molecule has 0 bridgehead atoms. The number of ether oxygens (including phenoxy) is 2. The van der Waals surface area contributed by atoms with Crippen molar-refractivity contribution in [3.8, 4) is 0 Å². The molecule has 16 heteroatoms. The van der Waals surface area contributed by atoms with Crippen molar-refractivity contribution in [2.24, 2.45) is 0 Å². The first-order valence-electron chi connectivity index (χ1n) is 18.4. The molecule has 2 aliphatic rings. The highest BCUT2D eigenvalue weighted by molar-refractivity contribution is 6.61.